The van der Waals surface area contributed by atoms with Crippen molar-refractivity contribution in [1.29, 1.82) is 0 Å². The van der Waals surface area contributed by atoms with Gasteiger partial charge in [0.25, 0.3) is 10.2 Å². The van der Waals surface area contributed by atoms with Gasteiger partial charge in [-0.3, -0.25) is 0 Å². The van der Waals surface area contributed by atoms with Crippen molar-refractivity contribution >= 4 is 15.9 Å². The molecule has 0 spiro atoms. The summed E-state index contributed by atoms with van der Waals surface area (Å²) in [5.74, 6) is 0. The third kappa shape index (κ3) is 4.78. The van der Waals surface area contributed by atoms with E-state index in [2.05, 4.69) is 4.72 Å². The monoisotopic (exact) mass is 229 g/mol. The van der Waals surface area contributed by atoms with Crippen LogP contribution in [0.4, 0.5) is 5.69 Å². The van der Waals surface area contributed by atoms with E-state index in [4.69, 9.17) is 5.14 Å². The summed E-state index contributed by atoms with van der Waals surface area (Å²) < 4.78 is 23.4. The highest BCUT2D eigenvalue weighted by Crippen LogP contribution is 2.09. The van der Waals surface area contributed by atoms with Crippen molar-refractivity contribution < 1.29 is 8.42 Å². The number of anilines is 1. The van der Waals surface area contributed by atoms with Gasteiger partial charge in [0, 0.05) is 25.8 Å². The number of nitrogens with zero attached hydrogens (tertiary/aromatic N) is 1. The summed E-state index contributed by atoms with van der Waals surface area (Å²) in [6.07, 6.45) is 0. The Morgan fingerprint density at radius 3 is 2.47 bits per heavy atom. The van der Waals surface area contributed by atoms with Crippen molar-refractivity contribution in [2.24, 2.45) is 5.14 Å². The lowest BCUT2D eigenvalue weighted by molar-refractivity contribution is 0.583. The van der Waals surface area contributed by atoms with Crippen LogP contribution >= 0.6 is 0 Å². The van der Waals surface area contributed by atoms with Crippen LogP contribution in [-0.2, 0) is 10.2 Å². The normalized spacial score (nSPS) is 11.3. The zero-order chi connectivity index (χ0) is 11.3. The van der Waals surface area contributed by atoms with Crippen molar-refractivity contribution in [1.82, 2.24) is 4.72 Å². The Hall–Kier alpha value is -1.11. The molecule has 3 N–H and O–H groups in total. The van der Waals surface area contributed by atoms with Gasteiger partial charge in [-0.15, -0.1) is 0 Å². The van der Waals surface area contributed by atoms with E-state index in [1.54, 1.807) is 0 Å². The lowest BCUT2D eigenvalue weighted by atomic mass is 10.3. The fourth-order valence-corrected chi connectivity index (χ4v) is 1.54. The number of nitrogens with two attached hydrogens (primary N) is 1. The molecule has 0 saturated carbocycles. The highest BCUT2D eigenvalue weighted by Gasteiger charge is 2.02. The van der Waals surface area contributed by atoms with Gasteiger partial charge in [-0.05, 0) is 12.1 Å². The Balaban J connectivity index is 2.41. The standard InChI is InChI=1S/C9H15N3O2S/c1-12(8-7-11-15(10,13)14)9-5-3-2-4-6-9/h2-6,11H,7-8H2,1H3,(H2,10,13,14). The largest absolute Gasteiger partial charge is 0.373 e. The van der Waals surface area contributed by atoms with E-state index < -0.39 is 10.2 Å². The van der Waals surface area contributed by atoms with Crippen LogP contribution in [0.25, 0.3) is 0 Å². The summed E-state index contributed by atoms with van der Waals surface area (Å²) in [6, 6.07) is 9.70. The van der Waals surface area contributed by atoms with Crippen LogP contribution in [0, 0.1) is 0 Å². The van der Waals surface area contributed by atoms with Crippen LogP contribution in [0.1, 0.15) is 0 Å². The Morgan fingerprint density at radius 2 is 1.93 bits per heavy atom. The molecule has 0 bridgehead atoms. The quantitative estimate of drug-likeness (QED) is 0.741. The van der Waals surface area contributed by atoms with Crippen LogP contribution in [-0.4, -0.2) is 28.6 Å². The molecule has 15 heavy (non-hydrogen) atoms. The average molecular weight is 229 g/mol. The third-order valence-corrected chi connectivity index (χ3v) is 2.55. The zero-order valence-electron chi connectivity index (χ0n) is 8.55. The van der Waals surface area contributed by atoms with Crippen molar-refractivity contribution in [3.05, 3.63) is 30.3 Å². The zero-order valence-corrected chi connectivity index (χ0v) is 9.37. The Labute approximate surface area is 90.1 Å². The van der Waals surface area contributed by atoms with Gasteiger partial charge in [-0.1, -0.05) is 18.2 Å². The molecule has 0 aliphatic heterocycles. The number of nitrogens with one attached hydrogen (secondary N) is 1. The van der Waals surface area contributed by atoms with Gasteiger partial charge in [0.2, 0.25) is 0 Å². The molecule has 1 rings (SSSR count). The lowest BCUT2D eigenvalue weighted by Crippen LogP contribution is -2.36. The minimum atomic E-state index is -3.58. The average Bonchev–Trinajstić information content (AvgIpc) is 2.17. The topological polar surface area (TPSA) is 75.4 Å². The molecule has 0 heterocycles. The van der Waals surface area contributed by atoms with Crippen LogP contribution in [0.5, 0.6) is 0 Å². The highest BCUT2D eigenvalue weighted by molar-refractivity contribution is 7.87. The molecular weight excluding hydrogens is 214 g/mol. The molecular formula is C9H15N3O2S. The summed E-state index contributed by atoms with van der Waals surface area (Å²) in [4.78, 5) is 1.94. The molecule has 0 amide bonds. The highest BCUT2D eigenvalue weighted by atomic mass is 32.2. The molecule has 0 aromatic heterocycles. The summed E-state index contributed by atoms with van der Waals surface area (Å²) in [6.45, 7) is 0.866. The molecule has 5 nitrogen and oxygen atoms in total. The number of likely N-dealkylation sites (N-methyl/N-ethyl adjacent to an activating group) is 1. The molecule has 0 aliphatic carbocycles. The van der Waals surface area contributed by atoms with E-state index in [0.717, 1.165) is 5.69 Å². The Morgan fingerprint density at radius 1 is 1.33 bits per heavy atom. The van der Waals surface area contributed by atoms with Gasteiger partial charge in [-0.25, -0.2) is 9.86 Å². The summed E-state index contributed by atoms with van der Waals surface area (Å²) in [5.41, 5.74) is 1.04. The van der Waals surface area contributed by atoms with Crippen LogP contribution in [0.15, 0.2) is 30.3 Å². The predicted octanol–water partition coefficient (Wildman–Crippen LogP) is -0.0841. The van der Waals surface area contributed by atoms with Crippen molar-refractivity contribution in [2.45, 2.75) is 0 Å². The van der Waals surface area contributed by atoms with Crippen molar-refractivity contribution in [2.75, 3.05) is 25.0 Å². The first-order chi connectivity index (χ1) is 6.99. The molecule has 0 radical (unpaired) electrons. The smallest absolute Gasteiger partial charge is 0.274 e. The van der Waals surface area contributed by atoms with E-state index in [-0.39, 0.29) is 0 Å². The molecule has 0 unspecified atom stereocenters. The second-order valence-corrected chi connectivity index (χ2v) is 4.58. The maximum atomic E-state index is 10.6. The molecule has 6 heteroatoms. The Bertz CT molecular complexity index is 391. The van der Waals surface area contributed by atoms with E-state index >= 15 is 0 Å². The predicted molar refractivity (Wildman–Crippen MR) is 60.8 cm³/mol. The second kappa shape index (κ2) is 5.11. The number of hydrogen-bond acceptors (Lipinski definition) is 3. The van der Waals surface area contributed by atoms with Gasteiger partial charge in [0.1, 0.15) is 0 Å². The fourth-order valence-electron chi connectivity index (χ4n) is 1.17. The summed E-state index contributed by atoms with van der Waals surface area (Å²) in [5, 5.41) is 4.80. The van der Waals surface area contributed by atoms with Crippen molar-refractivity contribution in [3.63, 3.8) is 0 Å². The van der Waals surface area contributed by atoms with Gasteiger partial charge in [-0.2, -0.15) is 8.42 Å². The van der Waals surface area contributed by atoms with Crippen molar-refractivity contribution in [3.8, 4) is 0 Å². The molecule has 1 aromatic carbocycles. The van der Waals surface area contributed by atoms with Gasteiger partial charge in [0.15, 0.2) is 0 Å². The molecule has 84 valence electrons. The molecule has 0 aliphatic rings. The Kier molecular flexibility index (Phi) is 4.07. The maximum Gasteiger partial charge on any atom is 0.274 e. The lowest BCUT2D eigenvalue weighted by Gasteiger charge is -2.18. The fraction of sp³-hybridized carbons (Fsp3) is 0.333. The van der Waals surface area contributed by atoms with Crippen LogP contribution in [0.2, 0.25) is 0 Å². The van der Waals surface area contributed by atoms with E-state index in [1.807, 2.05) is 42.3 Å². The minimum Gasteiger partial charge on any atom is -0.373 e. The molecule has 1 aromatic rings. The number of rotatable bonds is 5. The maximum absolute atomic E-state index is 10.6. The van der Waals surface area contributed by atoms with Crippen LogP contribution < -0.4 is 14.8 Å². The van der Waals surface area contributed by atoms with Crippen LogP contribution in [0.3, 0.4) is 0 Å². The van der Waals surface area contributed by atoms with E-state index in [9.17, 15) is 8.42 Å². The third-order valence-electron chi connectivity index (χ3n) is 1.95. The summed E-state index contributed by atoms with van der Waals surface area (Å²) >= 11 is 0. The van der Waals surface area contributed by atoms with Gasteiger partial charge >= 0.3 is 0 Å². The summed E-state index contributed by atoms with van der Waals surface area (Å²) in [7, 11) is -1.69. The minimum absolute atomic E-state index is 0.296. The first-order valence-corrected chi connectivity index (χ1v) is 6.07. The van der Waals surface area contributed by atoms with Gasteiger partial charge < -0.3 is 4.90 Å². The number of hydrogen-bond donors (Lipinski definition) is 2. The van der Waals surface area contributed by atoms with E-state index in [1.165, 1.54) is 0 Å². The number of benzene rings is 1. The first-order valence-electron chi connectivity index (χ1n) is 4.52. The SMILES string of the molecule is CN(CCNS(N)(=O)=O)c1ccccc1. The molecule has 0 fully saturated rings. The molecule has 0 atom stereocenters. The van der Waals surface area contributed by atoms with E-state index in [0.29, 0.717) is 13.1 Å². The molecule has 0 saturated heterocycles. The first kappa shape index (κ1) is 12.0. The van der Waals surface area contributed by atoms with Gasteiger partial charge in [0.05, 0.1) is 0 Å². The second-order valence-electron chi connectivity index (χ2n) is 3.20. The number of para-hydroxylation sites is 1.